The van der Waals surface area contributed by atoms with E-state index in [2.05, 4.69) is 15.3 Å². The summed E-state index contributed by atoms with van der Waals surface area (Å²) < 4.78 is 7.02. The number of hydrogen-bond acceptors (Lipinski definition) is 6. The summed E-state index contributed by atoms with van der Waals surface area (Å²) in [6.45, 7) is 0. The summed E-state index contributed by atoms with van der Waals surface area (Å²) in [6, 6.07) is 9.54. The van der Waals surface area contributed by atoms with E-state index in [1.165, 1.54) is 0 Å². The molecule has 1 aromatic carbocycles. The fourth-order valence-electron chi connectivity index (χ4n) is 4.38. The summed E-state index contributed by atoms with van der Waals surface area (Å²) in [5.41, 5.74) is 7.04. The number of aromatic nitrogens is 2. The van der Waals surface area contributed by atoms with Crippen LogP contribution in [0.4, 0.5) is 5.13 Å². The van der Waals surface area contributed by atoms with E-state index in [0.717, 1.165) is 46.1 Å². The molecule has 0 radical (unpaired) electrons. The second-order valence-corrected chi connectivity index (χ2v) is 9.22. The minimum Gasteiger partial charge on any atom is -0.474 e. The fraction of sp³-hybridized carbons (Fsp3) is 0.350. The first-order chi connectivity index (χ1) is 13.5. The van der Waals surface area contributed by atoms with Crippen molar-refractivity contribution < 1.29 is 9.53 Å². The lowest BCUT2D eigenvalue weighted by molar-refractivity contribution is -0.0759. The Labute approximate surface area is 171 Å². The van der Waals surface area contributed by atoms with Crippen LogP contribution < -0.4 is 15.8 Å². The molecule has 2 aromatic heterocycles. The number of amides is 1. The maximum atomic E-state index is 11.5. The zero-order valence-electron chi connectivity index (χ0n) is 15.0. The standard InChI is InChI=1S/C20H19ClN4O2S/c21-11-3-4-15-16(6-11)28-19(25-15)24-12-7-20(8-12)9-13(10-20)27-18-14(17(22)26)2-1-5-23-18/h1-6,12-13H,7-10H2,(H2,22,26)(H,24,25). The molecule has 144 valence electrons. The number of rotatable bonds is 5. The number of halogens is 1. The second-order valence-electron chi connectivity index (χ2n) is 7.75. The van der Waals surface area contributed by atoms with Crippen LogP contribution in [-0.4, -0.2) is 28.0 Å². The van der Waals surface area contributed by atoms with Crippen molar-refractivity contribution in [1.82, 2.24) is 9.97 Å². The molecule has 2 saturated carbocycles. The Morgan fingerprint density at radius 1 is 1.29 bits per heavy atom. The van der Waals surface area contributed by atoms with Gasteiger partial charge >= 0.3 is 0 Å². The highest BCUT2D eigenvalue weighted by molar-refractivity contribution is 7.22. The van der Waals surface area contributed by atoms with Gasteiger partial charge in [-0.05, 0) is 61.4 Å². The molecular formula is C20H19ClN4O2S. The zero-order valence-corrected chi connectivity index (χ0v) is 16.6. The molecule has 2 aliphatic carbocycles. The predicted molar refractivity (Wildman–Crippen MR) is 110 cm³/mol. The van der Waals surface area contributed by atoms with E-state index in [-0.39, 0.29) is 6.10 Å². The normalized spacial score (nSPS) is 25.9. The van der Waals surface area contributed by atoms with Crippen LogP contribution in [-0.2, 0) is 0 Å². The van der Waals surface area contributed by atoms with Crippen LogP contribution in [0.3, 0.4) is 0 Å². The predicted octanol–water partition coefficient (Wildman–Crippen LogP) is 4.25. The van der Waals surface area contributed by atoms with Crippen molar-refractivity contribution in [2.45, 2.75) is 37.8 Å². The van der Waals surface area contributed by atoms with Gasteiger partial charge in [0.05, 0.1) is 10.2 Å². The molecule has 0 aliphatic heterocycles. The van der Waals surface area contributed by atoms with Crippen molar-refractivity contribution in [3.63, 3.8) is 0 Å². The van der Waals surface area contributed by atoms with E-state index in [9.17, 15) is 4.79 Å². The number of pyridine rings is 1. The number of hydrogen-bond donors (Lipinski definition) is 2. The first-order valence-corrected chi connectivity index (χ1v) is 10.4. The van der Waals surface area contributed by atoms with Gasteiger partial charge in [-0.25, -0.2) is 9.97 Å². The van der Waals surface area contributed by atoms with Gasteiger partial charge in [0.1, 0.15) is 11.7 Å². The lowest BCUT2D eigenvalue weighted by atomic mass is 9.53. The van der Waals surface area contributed by atoms with Gasteiger partial charge in [0.15, 0.2) is 5.13 Å². The largest absolute Gasteiger partial charge is 0.474 e. The zero-order chi connectivity index (χ0) is 19.3. The van der Waals surface area contributed by atoms with Crippen LogP contribution in [0.1, 0.15) is 36.0 Å². The molecule has 1 spiro atoms. The van der Waals surface area contributed by atoms with E-state index >= 15 is 0 Å². The Balaban J connectivity index is 1.15. The summed E-state index contributed by atoms with van der Waals surface area (Å²) in [4.78, 5) is 20.3. The summed E-state index contributed by atoms with van der Waals surface area (Å²) in [6.07, 6.45) is 5.89. The van der Waals surface area contributed by atoms with Crippen molar-refractivity contribution >= 4 is 44.2 Å². The third-order valence-electron chi connectivity index (χ3n) is 5.67. The monoisotopic (exact) mass is 414 g/mol. The third-order valence-corrected chi connectivity index (χ3v) is 6.86. The van der Waals surface area contributed by atoms with Crippen molar-refractivity contribution in [2.75, 3.05) is 5.32 Å². The molecule has 0 saturated heterocycles. The van der Waals surface area contributed by atoms with Gasteiger partial charge in [-0.2, -0.15) is 0 Å². The van der Waals surface area contributed by atoms with E-state index in [1.54, 1.807) is 29.7 Å². The number of nitrogens with zero attached hydrogens (tertiary/aromatic N) is 2. The molecule has 1 amide bonds. The van der Waals surface area contributed by atoms with Gasteiger partial charge in [0, 0.05) is 17.3 Å². The van der Waals surface area contributed by atoms with Crippen LogP contribution in [0.2, 0.25) is 5.02 Å². The third kappa shape index (κ3) is 3.18. The topological polar surface area (TPSA) is 90.1 Å². The van der Waals surface area contributed by atoms with E-state index in [1.807, 2.05) is 18.2 Å². The van der Waals surface area contributed by atoms with Crippen LogP contribution in [0.25, 0.3) is 10.2 Å². The molecule has 2 aliphatic rings. The fourth-order valence-corrected chi connectivity index (χ4v) is 5.59. The van der Waals surface area contributed by atoms with Gasteiger partial charge in [0.2, 0.25) is 5.88 Å². The molecule has 2 fully saturated rings. The lowest BCUT2D eigenvalue weighted by Gasteiger charge is -2.57. The summed E-state index contributed by atoms with van der Waals surface area (Å²) in [7, 11) is 0. The number of fused-ring (bicyclic) bond motifs is 1. The average molecular weight is 415 g/mol. The maximum absolute atomic E-state index is 11.5. The molecule has 2 heterocycles. The number of nitrogens with two attached hydrogens (primary N) is 1. The SMILES string of the molecule is NC(=O)c1cccnc1OC1CC2(CC(Nc3nc4ccc(Cl)cc4s3)C2)C1. The highest BCUT2D eigenvalue weighted by atomic mass is 35.5. The second kappa shape index (κ2) is 6.60. The first kappa shape index (κ1) is 17.7. The molecular weight excluding hydrogens is 396 g/mol. The van der Waals surface area contributed by atoms with Gasteiger partial charge in [-0.3, -0.25) is 4.79 Å². The molecule has 6 nitrogen and oxygen atoms in total. The van der Waals surface area contributed by atoms with Crippen molar-refractivity contribution in [1.29, 1.82) is 0 Å². The van der Waals surface area contributed by atoms with Crippen LogP contribution in [0.5, 0.6) is 5.88 Å². The smallest absolute Gasteiger partial charge is 0.254 e. The number of carbonyl (C=O) groups is 1. The highest BCUT2D eigenvalue weighted by Crippen LogP contribution is 2.57. The van der Waals surface area contributed by atoms with Crippen LogP contribution in [0.15, 0.2) is 36.5 Å². The van der Waals surface area contributed by atoms with Gasteiger partial charge < -0.3 is 15.8 Å². The number of anilines is 1. The van der Waals surface area contributed by atoms with E-state index < -0.39 is 5.91 Å². The molecule has 0 unspecified atom stereocenters. The van der Waals surface area contributed by atoms with E-state index in [4.69, 9.17) is 22.1 Å². The first-order valence-electron chi connectivity index (χ1n) is 9.24. The number of ether oxygens (including phenoxy) is 1. The quantitative estimate of drug-likeness (QED) is 0.651. The Morgan fingerprint density at radius 3 is 2.89 bits per heavy atom. The molecule has 5 rings (SSSR count). The van der Waals surface area contributed by atoms with Crippen molar-refractivity contribution in [3.8, 4) is 5.88 Å². The van der Waals surface area contributed by atoms with Crippen LogP contribution in [0, 0.1) is 5.41 Å². The molecule has 0 atom stereocenters. The van der Waals surface area contributed by atoms with Gasteiger partial charge in [0.25, 0.3) is 5.91 Å². The Morgan fingerprint density at radius 2 is 2.11 bits per heavy atom. The lowest BCUT2D eigenvalue weighted by Crippen LogP contribution is -2.56. The molecule has 3 N–H and O–H groups in total. The highest BCUT2D eigenvalue weighted by Gasteiger charge is 2.54. The minimum absolute atomic E-state index is 0.0959. The number of carbonyl (C=O) groups excluding carboxylic acids is 1. The number of benzene rings is 1. The van der Waals surface area contributed by atoms with Gasteiger partial charge in [-0.1, -0.05) is 22.9 Å². The Kier molecular flexibility index (Phi) is 4.17. The summed E-state index contributed by atoms with van der Waals surface area (Å²) >= 11 is 7.69. The molecule has 8 heteroatoms. The average Bonchev–Trinajstić information content (AvgIpc) is 2.99. The van der Waals surface area contributed by atoms with Crippen molar-refractivity contribution in [3.05, 3.63) is 47.1 Å². The number of thiazole rings is 1. The number of nitrogens with one attached hydrogen (secondary N) is 1. The van der Waals surface area contributed by atoms with Gasteiger partial charge in [-0.15, -0.1) is 0 Å². The summed E-state index contributed by atoms with van der Waals surface area (Å²) in [5.74, 6) is -0.167. The van der Waals surface area contributed by atoms with Crippen molar-refractivity contribution in [2.24, 2.45) is 11.1 Å². The summed E-state index contributed by atoms with van der Waals surface area (Å²) in [5, 5.41) is 5.23. The minimum atomic E-state index is -0.512. The number of primary amides is 1. The molecule has 3 aromatic rings. The Bertz CT molecular complexity index is 1060. The van der Waals surface area contributed by atoms with Crippen LogP contribution >= 0.6 is 22.9 Å². The van der Waals surface area contributed by atoms with E-state index in [0.29, 0.717) is 22.9 Å². The Hall–Kier alpha value is -2.38. The molecule has 0 bridgehead atoms. The molecule has 28 heavy (non-hydrogen) atoms. The maximum Gasteiger partial charge on any atom is 0.254 e.